The number of carbonyl (C=O) groups excluding carboxylic acids is 1. The number of rotatable bonds is 12. The van der Waals surface area contributed by atoms with Crippen molar-refractivity contribution in [3.05, 3.63) is 118 Å². The molecule has 196 valence electrons. The highest BCUT2D eigenvalue weighted by Gasteiger charge is 2.18. The van der Waals surface area contributed by atoms with Gasteiger partial charge in [-0.15, -0.1) is 0 Å². The quantitative estimate of drug-likeness (QED) is 0.200. The number of halogens is 1. The van der Waals surface area contributed by atoms with Crippen LogP contribution in [-0.2, 0) is 30.9 Å². The Kier molecular flexibility index (Phi) is 9.16. The van der Waals surface area contributed by atoms with Crippen molar-refractivity contribution in [2.45, 2.75) is 45.9 Å². The summed E-state index contributed by atoms with van der Waals surface area (Å²) in [7, 11) is 0. The van der Waals surface area contributed by atoms with Crippen LogP contribution in [0.1, 0.15) is 63.1 Å². The minimum atomic E-state index is -1.00. The first-order valence-corrected chi connectivity index (χ1v) is 12.9. The van der Waals surface area contributed by atoms with E-state index in [1.807, 2.05) is 42.5 Å². The van der Waals surface area contributed by atoms with E-state index in [0.717, 1.165) is 41.9 Å². The van der Waals surface area contributed by atoms with Gasteiger partial charge in [0.1, 0.15) is 12.4 Å². The fraction of sp³-hybridized carbons (Fsp3) is 0.233. The van der Waals surface area contributed by atoms with Gasteiger partial charge in [-0.3, -0.25) is 0 Å². The van der Waals surface area contributed by atoms with E-state index in [-0.39, 0.29) is 18.1 Å². The van der Waals surface area contributed by atoms with E-state index >= 15 is 0 Å². The van der Waals surface area contributed by atoms with Crippen molar-refractivity contribution in [3.63, 3.8) is 0 Å². The summed E-state index contributed by atoms with van der Waals surface area (Å²) in [6, 6.07) is 23.6. The second-order valence-corrected chi connectivity index (χ2v) is 9.28. The number of aryl methyl sites for hydroxylation is 1. The molecule has 0 fully saturated rings. The van der Waals surface area contributed by atoms with E-state index in [9.17, 15) is 14.7 Å². The van der Waals surface area contributed by atoms with Crippen molar-refractivity contribution in [1.29, 1.82) is 0 Å². The third-order valence-electron chi connectivity index (χ3n) is 6.20. The predicted molar refractivity (Wildman–Crippen MR) is 148 cm³/mol. The standard InChI is InChI=1S/C30H30ClN3O4/c1-2-3-13-27-33-28(31)26(18-32-25-12-8-7-11-24(25)29(35)36)34(27)19-21-14-16-23(17-15-21)30(37)38-20-22-9-5-4-6-10-22/h4-12,14-17,32H,2-3,13,18-20H2,1H3,(H,35,36). The van der Waals surface area contributed by atoms with Gasteiger partial charge in [0.25, 0.3) is 0 Å². The van der Waals surface area contributed by atoms with Crippen LogP contribution in [0.15, 0.2) is 78.9 Å². The molecule has 0 aliphatic rings. The van der Waals surface area contributed by atoms with Crippen LogP contribution < -0.4 is 5.32 Å². The van der Waals surface area contributed by atoms with Crippen LogP contribution in [0, 0.1) is 0 Å². The van der Waals surface area contributed by atoms with Gasteiger partial charge in [-0.25, -0.2) is 14.6 Å². The Hall–Kier alpha value is -4.10. The number of nitrogens with zero attached hydrogens (tertiary/aromatic N) is 2. The van der Waals surface area contributed by atoms with E-state index in [4.69, 9.17) is 16.3 Å². The highest BCUT2D eigenvalue weighted by Crippen LogP contribution is 2.24. The van der Waals surface area contributed by atoms with Crippen molar-refractivity contribution >= 4 is 29.2 Å². The number of carboxylic acid groups (broad SMARTS) is 1. The molecule has 0 aliphatic carbocycles. The molecule has 38 heavy (non-hydrogen) atoms. The van der Waals surface area contributed by atoms with Gasteiger partial charge in [0.15, 0.2) is 5.15 Å². The summed E-state index contributed by atoms with van der Waals surface area (Å²) >= 11 is 6.57. The normalized spacial score (nSPS) is 10.8. The highest BCUT2D eigenvalue weighted by molar-refractivity contribution is 6.30. The number of hydrogen-bond acceptors (Lipinski definition) is 5. The fourth-order valence-electron chi connectivity index (χ4n) is 4.12. The van der Waals surface area contributed by atoms with Crippen LogP contribution >= 0.6 is 11.6 Å². The number of carbonyl (C=O) groups is 2. The van der Waals surface area contributed by atoms with E-state index in [1.165, 1.54) is 0 Å². The molecule has 0 saturated carbocycles. The van der Waals surface area contributed by atoms with Crippen molar-refractivity contribution in [3.8, 4) is 0 Å². The zero-order valence-corrected chi connectivity index (χ0v) is 21.9. The smallest absolute Gasteiger partial charge is 0.338 e. The van der Waals surface area contributed by atoms with Gasteiger partial charge >= 0.3 is 11.9 Å². The number of benzene rings is 3. The van der Waals surface area contributed by atoms with Crippen molar-refractivity contribution in [2.75, 3.05) is 5.32 Å². The minimum Gasteiger partial charge on any atom is -0.478 e. The Labute approximate surface area is 227 Å². The second kappa shape index (κ2) is 12.9. The molecule has 7 nitrogen and oxygen atoms in total. The number of imidazole rings is 1. The van der Waals surface area contributed by atoms with Gasteiger partial charge in [0, 0.05) is 18.7 Å². The lowest BCUT2D eigenvalue weighted by Crippen LogP contribution is -2.13. The number of carboxylic acids is 1. The molecule has 0 atom stereocenters. The summed E-state index contributed by atoms with van der Waals surface area (Å²) in [5, 5.41) is 13.1. The zero-order valence-electron chi connectivity index (χ0n) is 21.2. The molecule has 0 saturated heterocycles. The summed E-state index contributed by atoms with van der Waals surface area (Å²) in [4.78, 5) is 28.7. The van der Waals surface area contributed by atoms with Crippen molar-refractivity contribution in [2.24, 2.45) is 0 Å². The summed E-state index contributed by atoms with van der Waals surface area (Å²) in [5.41, 5.74) is 3.86. The number of anilines is 1. The van der Waals surface area contributed by atoms with Crippen LogP contribution in [0.25, 0.3) is 0 Å². The molecule has 0 radical (unpaired) electrons. The fourth-order valence-corrected chi connectivity index (χ4v) is 4.39. The lowest BCUT2D eigenvalue weighted by atomic mass is 10.1. The average Bonchev–Trinajstić information content (AvgIpc) is 3.23. The molecular weight excluding hydrogens is 502 g/mol. The first kappa shape index (κ1) is 26.9. The lowest BCUT2D eigenvalue weighted by Gasteiger charge is -2.15. The van der Waals surface area contributed by atoms with Gasteiger partial charge in [-0.2, -0.15) is 0 Å². The largest absolute Gasteiger partial charge is 0.478 e. The number of unbranched alkanes of at least 4 members (excludes halogenated alkanes) is 1. The van der Waals surface area contributed by atoms with Gasteiger partial charge in [0.2, 0.25) is 0 Å². The SMILES string of the molecule is CCCCc1nc(Cl)c(CNc2ccccc2C(=O)O)n1Cc1ccc(C(=O)OCc2ccccc2)cc1. The molecule has 8 heteroatoms. The number of esters is 1. The maximum atomic E-state index is 12.5. The number of hydrogen-bond donors (Lipinski definition) is 2. The molecule has 0 aliphatic heterocycles. The maximum absolute atomic E-state index is 12.5. The first-order valence-electron chi connectivity index (χ1n) is 12.6. The van der Waals surface area contributed by atoms with Gasteiger partial charge in [-0.05, 0) is 41.8 Å². The van der Waals surface area contributed by atoms with Crippen LogP contribution in [0.2, 0.25) is 5.15 Å². The monoisotopic (exact) mass is 531 g/mol. The van der Waals surface area contributed by atoms with Gasteiger partial charge in [-0.1, -0.05) is 79.5 Å². The summed E-state index contributed by atoms with van der Waals surface area (Å²) in [6.45, 7) is 3.16. The maximum Gasteiger partial charge on any atom is 0.338 e. The number of aromatic nitrogens is 2. The molecule has 1 heterocycles. The van der Waals surface area contributed by atoms with E-state index in [1.54, 1.807) is 36.4 Å². The predicted octanol–water partition coefficient (Wildman–Crippen LogP) is 6.59. The number of nitrogens with one attached hydrogen (secondary N) is 1. The van der Waals surface area contributed by atoms with E-state index < -0.39 is 5.97 Å². The molecule has 2 N–H and O–H groups in total. The Bertz CT molecular complexity index is 1380. The number of ether oxygens (including phenoxy) is 1. The zero-order chi connectivity index (χ0) is 26.9. The third-order valence-corrected chi connectivity index (χ3v) is 6.51. The molecule has 0 bridgehead atoms. The Morgan fingerprint density at radius 2 is 1.68 bits per heavy atom. The molecular formula is C30H30ClN3O4. The minimum absolute atomic E-state index is 0.190. The molecule has 4 aromatic rings. The van der Waals surface area contributed by atoms with Gasteiger partial charge in [0.05, 0.1) is 23.4 Å². The summed E-state index contributed by atoms with van der Waals surface area (Å²) in [6.07, 6.45) is 2.75. The van der Waals surface area contributed by atoms with Crippen LogP contribution in [-0.4, -0.2) is 26.6 Å². The van der Waals surface area contributed by atoms with Crippen molar-refractivity contribution in [1.82, 2.24) is 9.55 Å². The molecule has 0 unspecified atom stereocenters. The Morgan fingerprint density at radius 1 is 0.974 bits per heavy atom. The Balaban J connectivity index is 1.50. The van der Waals surface area contributed by atoms with Gasteiger partial charge < -0.3 is 19.7 Å². The number of aromatic carboxylic acids is 1. The van der Waals surface area contributed by atoms with Crippen LogP contribution in [0.4, 0.5) is 5.69 Å². The van der Waals surface area contributed by atoms with Crippen LogP contribution in [0.3, 0.4) is 0 Å². The van der Waals surface area contributed by atoms with Crippen LogP contribution in [0.5, 0.6) is 0 Å². The third kappa shape index (κ3) is 6.81. The molecule has 3 aromatic carbocycles. The highest BCUT2D eigenvalue weighted by atomic mass is 35.5. The topological polar surface area (TPSA) is 93.5 Å². The second-order valence-electron chi connectivity index (χ2n) is 8.92. The average molecular weight is 532 g/mol. The lowest BCUT2D eigenvalue weighted by molar-refractivity contribution is 0.0472. The Morgan fingerprint density at radius 3 is 2.39 bits per heavy atom. The summed E-state index contributed by atoms with van der Waals surface area (Å²) < 4.78 is 7.50. The molecule has 1 aromatic heterocycles. The molecule has 0 spiro atoms. The summed E-state index contributed by atoms with van der Waals surface area (Å²) in [5.74, 6) is -0.512. The van der Waals surface area contributed by atoms with Crippen molar-refractivity contribution < 1.29 is 19.4 Å². The number of para-hydroxylation sites is 1. The molecule has 0 amide bonds. The van der Waals surface area contributed by atoms with E-state index in [0.29, 0.717) is 29.5 Å². The van der Waals surface area contributed by atoms with E-state index in [2.05, 4.69) is 21.8 Å². The molecule has 4 rings (SSSR count). The first-order chi connectivity index (χ1) is 18.5.